The molecule has 0 aliphatic carbocycles. The fourth-order valence-corrected chi connectivity index (χ4v) is 4.67. The van der Waals surface area contributed by atoms with Gasteiger partial charge in [0.25, 0.3) is 0 Å². The molecule has 2 atom stereocenters. The molecule has 3 nitrogen and oxygen atoms in total. The fraction of sp³-hybridized carbons (Fsp3) is 0.267. The summed E-state index contributed by atoms with van der Waals surface area (Å²) in [6.07, 6.45) is 0.936. The largest absolute Gasteiger partial charge is 0.480 e. The zero-order valence-electron chi connectivity index (χ0n) is 10.8. The van der Waals surface area contributed by atoms with Crippen LogP contribution in [0.4, 0.5) is 0 Å². The van der Waals surface area contributed by atoms with Crippen molar-refractivity contribution in [3.05, 3.63) is 57.8 Å². The molecule has 0 bridgehead atoms. The van der Waals surface area contributed by atoms with Gasteiger partial charge in [0.05, 0.1) is 5.37 Å². The average molecular weight is 305 g/mol. The number of hydrogen-bond donors (Lipinski definition) is 2. The molecule has 5 heteroatoms. The third-order valence-corrected chi connectivity index (χ3v) is 5.79. The van der Waals surface area contributed by atoms with Crippen LogP contribution >= 0.6 is 23.1 Å². The zero-order chi connectivity index (χ0) is 13.9. The van der Waals surface area contributed by atoms with Crippen molar-refractivity contribution in [1.82, 2.24) is 5.32 Å². The number of hydrogen-bond acceptors (Lipinski definition) is 4. The molecule has 104 valence electrons. The van der Waals surface area contributed by atoms with Crippen LogP contribution < -0.4 is 5.32 Å². The Morgan fingerprint density at radius 2 is 2.05 bits per heavy atom. The molecule has 3 rings (SSSR count). The van der Waals surface area contributed by atoms with E-state index in [1.165, 1.54) is 15.3 Å². The first kappa shape index (κ1) is 13.7. The minimum atomic E-state index is -0.763. The number of thiophene rings is 1. The smallest absolute Gasteiger partial charge is 0.321 e. The van der Waals surface area contributed by atoms with Gasteiger partial charge in [-0.3, -0.25) is 10.1 Å². The van der Waals surface area contributed by atoms with Crippen molar-refractivity contribution in [3.8, 4) is 0 Å². The van der Waals surface area contributed by atoms with Crippen molar-refractivity contribution in [2.24, 2.45) is 0 Å². The molecule has 1 aliphatic heterocycles. The summed E-state index contributed by atoms with van der Waals surface area (Å²) in [5, 5.41) is 12.3. The van der Waals surface area contributed by atoms with Gasteiger partial charge in [0.15, 0.2) is 0 Å². The van der Waals surface area contributed by atoms with E-state index in [9.17, 15) is 4.79 Å². The van der Waals surface area contributed by atoms with Crippen LogP contribution in [0.2, 0.25) is 0 Å². The lowest BCUT2D eigenvalue weighted by atomic mass is 10.1. The maximum Gasteiger partial charge on any atom is 0.321 e. The number of thioether (sulfide) groups is 1. The second-order valence-corrected chi connectivity index (χ2v) is 7.08. The monoisotopic (exact) mass is 305 g/mol. The van der Waals surface area contributed by atoms with Gasteiger partial charge < -0.3 is 5.11 Å². The van der Waals surface area contributed by atoms with Gasteiger partial charge in [0, 0.05) is 21.9 Å². The molecule has 0 amide bonds. The van der Waals surface area contributed by atoms with Crippen molar-refractivity contribution in [1.29, 1.82) is 0 Å². The van der Waals surface area contributed by atoms with E-state index in [0.29, 0.717) is 5.75 Å². The Balaban J connectivity index is 1.67. The molecule has 0 unspecified atom stereocenters. The van der Waals surface area contributed by atoms with Gasteiger partial charge in [-0.2, -0.15) is 0 Å². The van der Waals surface area contributed by atoms with Gasteiger partial charge in [0.2, 0.25) is 0 Å². The second-order valence-electron chi connectivity index (χ2n) is 4.74. The van der Waals surface area contributed by atoms with Crippen LogP contribution in [-0.2, 0) is 11.2 Å². The first-order valence-electron chi connectivity index (χ1n) is 6.45. The lowest BCUT2D eigenvalue weighted by Gasteiger charge is -2.08. The third kappa shape index (κ3) is 3.06. The predicted octanol–water partition coefficient (Wildman–Crippen LogP) is 3.13. The Morgan fingerprint density at radius 1 is 1.25 bits per heavy atom. The number of carboxylic acids is 1. The Labute approximate surface area is 126 Å². The Bertz CT molecular complexity index is 597. The summed E-state index contributed by atoms with van der Waals surface area (Å²) in [5.74, 6) is -0.132. The highest BCUT2D eigenvalue weighted by Crippen LogP contribution is 2.37. The molecule has 2 N–H and O–H groups in total. The SMILES string of the molecule is O=C(O)[C@H]1CS[C@H](c2ccc(Cc3ccccc3)s2)N1. The van der Waals surface area contributed by atoms with Crippen LogP contribution in [0, 0.1) is 0 Å². The molecule has 1 fully saturated rings. The second kappa shape index (κ2) is 5.99. The number of carboxylic acid groups (broad SMARTS) is 1. The van der Waals surface area contributed by atoms with Crippen LogP contribution in [0.1, 0.15) is 20.7 Å². The lowest BCUT2D eigenvalue weighted by Crippen LogP contribution is -2.33. The quantitative estimate of drug-likeness (QED) is 0.911. The molecule has 1 aliphatic rings. The van der Waals surface area contributed by atoms with E-state index in [1.807, 2.05) is 6.07 Å². The van der Waals surface area contributed by atoms with E-state index in [1.54, 1.807) is 23.1 Å². The Kier molecular flexibility index (Phi) is 4.10. The third-order valence-electron chi connectivity index (χ3n) is 3.24. The molecule has 20 heavy (non-hydrogen) atoms. The molecular formula is C15H15NO2S2. The molecule has 1 saturated heterocycles. The maximum absolute atomic E-state index is 11.0. The first-order valence-corrected chi connectivity index (χ1v) is 8.32. The van der Waals surface area contributed by atoms with Crippen LogP contribution in [0.3, 0.4) is 0 Å². The first-order chi connectivity index (χ1) is 9.72. The fourth-order valence-electron chi connectivity index (χ4n) is 2.21. The minimum Gasteiger partial charge on any atom is -0.480 e. The highest BCUT2D eigenvalue weighted by Gasteiger charge is 2.30. The summed E-state index contributed by atoms with van der Waals surface area (Å²) in [5.41, 5.74) is 1.30. The lowest BCUT2D eigenvalue weighted by molar-refractivity contribution is -0.138. The molecule has 2 aromatic rings. The number of nitrogens with one attached hydrogen (secondary N) is 1. The number of aliphatic carboxylic acids is 1. The highest BCUT2D eigenvalue weighted by atomic mass is 32.2. The maximum atomic E-state index is 11.0. The predicted molar refractivity (Wildman–Crippen MR) is 83.3 cm³/mol. The van der Waals surface area contributed by atoms with E-state index in [0.717, 1.165) is 6.42 Å². The van der Waals surface area contributed by atoms with E-state index in [2.05, 4.69) is 41.7 Å². The van der Waals surface area contributed by atoms with Gasteiger partial charge in [-0.05, 0) is 17.7 Å². The highest BCUT2D eigenvalue weighted by molar-refractivity contribution is 7.99. The number of benzene rings is 1. The van der Waals surface area contributed by atoms with Gasteiger partial charge in [0.1, 0.15) is 6.04 Å². The van der Waals surface area contributed by atoms with E-state index in [4.69, 9.17) is 5.11 Å². The molecule has 2 heterocycles. The summed E-state index contributed by atoms with van der Waals surface area (Å²) in [4.78, 5) is 13.5. The van der Waals surface area contributed by atoms with Crippen molar-refractivity contribution >= 4 is 29.1 Å². The van der Waals surface area contributed by atoms with Gasteiger partial charge >= 0.3 is 5.97 Å². The van der Waals surface area contributed by atoms with Crippen LogP contribution in [0.5, 0.6) is 0 Å². The van der Waals surface area contributed by atoms with Crippen molar-refractivity contribution < 1.29 is 9.90 Å². The molecule has 0 spiro atoms. The Morgan fingerprint density at radius 3 is 2.75 bits per heavy atom. The van der Waals surface area contributed by atoms with Crippen molar-refractivity contribution in [2.75, 3.05) is 5.75 Å². The topological polar surface area (TPSA) is 49.3 Å². The average Bonchev–Trinajstić information content (AvgIpc) is 3.08. The summed E-state index contributed by atoms with van der Waals surface area (Å²) in [6.45, 7) is 0. The summed E-state index contributed by atoms with van der Waals surface area (Å²) in [7, 11) is 0. The van der Waals surface area contributed by atoms with Gasteiger partial charge in [-0.25, -0.2) is 0 Å². The van der Waals surface area contributed by atoms with Crippen molar-refractivity contribution in [2.45, 2.75) is 17.8 Å². The Hall–Kier alpha value is -1.30. The number of rotatable bonds is 4. The summed E-state index contributed by atoms with van der Waals surface area (Å²) < 4.78 is 0. The van der Waals surface area contributed by atoms with Crippen LogP contribution in [-0.4, -0.2) is 22.9 Å². The normalized spacial score (nSPS) is 22.0. The molecule has 1 aromatic carbocycles. The van der Waals surface area contributed by atoms with Crippen LogP contribution in [0.15, 0.2) is 42.5 Å². The van der Waals surface area contributed by atoms with Crippen LogP contribution in [0.25, 0.3) is 0 Å². The standard InChI is InChI=1S/C15H15NO2S2/c17-15(18)12-9-19-14(16-12)13-7-6-11(20-13)8-10-4-2-1-3-5-10/h1-7,12,14,16H,8-9H2,(H,17,18)/t12-,14-/m1/s1. The van der Waals surface area contributed by atoms with E-state index in [-0.39, 0.29) is 5.37 Å². The summed E-state index contributed by atoms with van der Waals surface area (Å²) in [6, 6.07) is 14.2. The van der Waals surface area contributed by atoms with E-state index < -0.39 is 12.0 Å². The van der Waals surface area contributed by atoms with Crippen molar-refractivity contribution in [3.63, 3.8) is 0 Å². The summed E-state index contributed by atoms with van der Waals surface area (Å²) >= 11 is 3.43. The molecule has 0 radical (unpaired) electrons. The van der Waals surface area contributed by atoms with E-state index >= 15 is 0 Å². The zero-order valence-corrected chi connectivity index (χ0v) is 12.4. The van der Waals surface area contributed by atoms with Gasteiger partial charge in [-0.15, -0.1) is 23.1 Å². The number of carbonyl (C=O) groups is 1. The molecule has 1 aromatic heterocycles. The molecular weight excluding hydrogens is 290 g/mol. The minimum absolute atomic E-state index is 0.116. The van der Waals surface area contributed by atoms with Gasteiger partial charge in [-0.1, -0.05) is 30.3 Å². The molecule has 0 saturated carbocycles.